The average Bonchev–Trinajstić information content (AvgIpc) is 2.93. The van der Waals surface area contributed by atoms with Crippen molar-refractivity contribution in [1.29, 1.82) is 0 Å². The monoisotopic (exact) mass is 391 g/mol. The highest BCUT2D eigenvalue weighted by atomic mass is 16.5. The summed E-state index contributed by atoms with van der Waals surface area (Å²) < 4.78 is 7.94. The molecule has 2 rings (SSSR count). The molecular weight excluding hydrogens is 354 g/mol. The summed E-state index contributed by atoms with van der Waals surface area (Å²) in [6, 6.07) is 2.41. The standard InChI is InChI=1S/C21H37N5O2/c1-7-8-10-17-23-19-16(26(17)14-21(4,5)27)13-18(24-20(19)22)28-12-9-11-25(6)15(2)3/h13,15,27H,7-12,14H2,1-6H3,(H2,22,24). The van der Waals surface area contributed by atoms with Crippen LogP contribution in [-0.4, -0.2) is 56.4 Å². The molecule has 0 aliphatic rings. The van der Waals surface area contributed by atoms with Gasteiger partial charge in [-0.25, -0.2) is 4.98 Å². The van der Waals surface area contributed by atoms with Gasteiger partial charge in [-0.2, -0.15) is 4.98 Å². The average molecular weight is 392 g/mol. The number of pyridine rings is 1. The van der Waals surface area contributed by atoms with Crippen LogP contribution in [0.15, 0.2) is 6.07 Å². The second-order valence-electron chi connectivity index (χ2n) is 8.52. The van der Waals surface area contributed by atoms with Crippen molar-refractivity contribution >= 4 is 16.9 Å². The Morgan fingerprint density at radius 1 is 1.29 bits per heavy atom. The van der Waals surface area contributed by atoms with Crippen molar-refractivity contribution in [1.82, 2.24) is 19.4 Å². The van der Waals surface area contributed by atoms with Crippen molar-refractivity contribution in [3.8, 4) is 5.88 Å². The lowest BCUT2D eigenvalue weighted by atomic mass is 10.1. The molecule has 0 aromatic carbocycles. The smallest absolute Gasteiger partial charge is 0.217 e. The molecule has 0 bridgehead atoms. The maximum Gasteiger partial charge on any atom is 0.217 e. The van der Waals surface area contributed by atoms with Gasteiger partial charge in [0.1, 0.15) is 11.3 Å². The van der Waals surface area contributed by atoms with E-state index in [1.165, 1.54) is 0 Å². The summed E-state index contributed by atoms with van der Waals surface area (Å²) in [5.41, 5.74) is 6.89. The summed E-state index contributed by atoms with van der Waals surface area (Å²) in [6.45, 7) is 12.1. The molecule has 0 amide bonds. The fourth-order valence-corrected chi connectivity index (χ4v) is 3.08. The molecule has 7 nitrogen and oxygen atoms in total. The molecule has 158 valence electrons. The molecule has 7 heteroatoms. The molecule has 0 atom stereocenters. The Morgan fingerprint density at radius 2 is 2.00 bits per heavy atom. The van der Waals surface area contributed by atoms with E-state index < -0.39 is 5.60 Å². The largest absolute Gasteiger partial charge is 0.478 e. The molecule has 0 aliphatic carbocycles. The lowest BCUT2D eigenvalue weighted by Gasteiger charge is -2.21. The molecule has 2 aromatic rings. The predicted octanol–water partition coefficient (Wildman–Crippen LogP) is 3.24. The predicted molar refractivity (Wildman–Crippen MR) is 115 cm³/mol. The van der Waals surface area contributed by atoms with Crippen LogP contribution in [0, 0.1) is 0 Å². The minimum absolute atomic E-state index is 0.374. The third kappa shape index (κ3) is 6.07. The zero-order valence-electron chi connectivity index (χ0n) is 18.3. The van der Waals surface area contributed by atoms with Crippen LogP contribution in [0.5, 0.6) is 5.88 Å². The van der Waals surface area contributed by atoms with Gasteiger partial charge >= 0.3 is 0 Å². The van der Waals surface area contributed by atoms with Crippen LogP contribution < -0.4 is 10.5 Å². The fraction of sp³-hybridized carbons (Fsp3) is 0.714. The molecule has 0 unspecified atom stereocenters. The number of aromatic nitrogens is 3. The number of nitrogens with two attached hydrogens (primary N) is 1. The normalized spacial score (nSPS) is 12.5. The summed E-state index contributed by atoms with van der Waals surface area (Å²) >= 11 is 0. The number of nitrogens with zero attached hydrogens (tertiary/aromatic N) is 4. The van der Waals surface area contributed by atoms with E-state index in [4.69, 9.17) is 15.5 Å². The summed E-state index contributed by atoms with van der Waals surface area (Å²) in [4.78, 5) is 11.4. The number of nitrogen functional groups attached to an aromatic ring is 1. The number of unbranched alkanes of at least 4 members (excludes halogenated alkanes) is 1. The van der Waals surface area contributed by atoms with E-state index in [-0.39, 0.29) is 0 Å². The van der Waals surface area contributed by atoms with Crippen LogP contribution in [0.25, 0.3) is 11.0 Å². The van der Waals surface area contributed by atoms with E-state index in [9.17, 15) is 5.11 Å². The van der Waals surface area contributed by atoms with E-state index >= 15 is 0 Å². The molecule has 0 spiro atoms. The number of ether oxygens (including phenoxy) is 1. The van der Waals surface area contributed by atoms with Crippen LogP contribution in [0.1, 0.15) is 59.7 Å². The Labute approximate surface area is 168 Å². The van der Waals surface area contributed by atoms with Gasteiger partial charge in [0.25, 0.3) is 0 Å². The molecule has 2 heterocycles. The van der Waals surface area contributed by atoms with Crippen LogP contribution in [0.2, 0.25) is 0 Å². The Balaban J connectivity index is 2.24. The second-order valence-corrected chi connectivity index (χ2v) is 8.52. The maximum absolute atomic E-state index is 10.4. The van der Waals surface area contributed by atoms with Crippen molar-refractivity contribution in [2.75, 3.05) is 25.9 Å². The number of fused-ring (bicyclic) bond motifs is 1. The van der Waals surface area contributed by atoms with Gasteiger partial charge in [0.15, 0.2) is 5.82 Å². The highest BCUT2D eigenvalue weighted by Crippen LogP contribution is 2.27. The number of rotatable bonds is 11. The van der Waals surface area contributed by atoms with E-state index in [1.54, 1.807) is 13.8 Å². The minimum atomic E-state index is -0.852. The van der Waals surface area contributed by atoms with Gasteiger partial charge in [-0.15, -0.1) is 0 Å². The molecule has 3 N–H and O–H groups in total. The zero-order chi connectivity index (χ0) is 20.9. The molecule has 0 aliphatic heterocycles. The minimum Gasteiger partial charge on any atom is -0.478 e. The first-order valence-corrected chi connectivity index (χ1v) is 10.3. The number of hydrogen-bond acceptors (Lipinski definition) is 6. The van der Waals surface area contributed by atoms with Crippen LogP contribution >= 0.6 is 0 Å². The number of aliphatic hydroxyl groups is 1. The lowest BCUT2D eigenvalue weighted by molar-refractivity contribution is 0.0618. The summed E-state index contributed by atoms with van der Waals surface area (Å²) in [5.74, 6) is 1.82. The van der Waals surface area contributed by atoms with E-state index in [0.717, 1.165) is 43.6 Å². The SMILES string of the molecule is CCCCc1nc2c(N)nc(OCCCN(C)C(C)C)cc2n1CC(C)(C)O. The number of anilines is 1. The van der Waals surface area contributed by atoms with Crippen LogP contribution in [-0.2, 0) is 13.0 Å². The Kier molecular flexibility index (Phi) is 7.66. The van der Waals surface area contributed by atoms with Crippen molar-refractivity contribution < 1.29 is 9.84 Å². The summed E-state index contributed by atoms with van der Waals surface area (Å²) in [6.07, 6.45) is 3.88. The van der Waals surface area contributed by atoms with Crippen molar-refractivity contribution in [2.24, 2.45) is 0 Å². The highest BCUT2D eigenvalue weighted by Gasteiger charge is 2.21. The first-order valence-electron chi connectivity index (χ1n) is 10.3. The van der Waals surface area contributed by atoms with Gasteiger partial charge in [-0.3, -0.25) is 0 Å². The van der Waals surface area contributed by atoms with Gasteiger partial charge in [0, 0.05) is 25.1 Å². The van der Waals surface area contributed by atoms with Crippen LogP contribution in [0.3, 0.4) is 0 Å². The number of imidazole rings is 1. The molecule has 0 radical (unpaired) electrons. The molecule has 28 heavy (non-hydrogen) atoms. The van der Waals surface area contributed by atoms with Crippen LogP contribution in [0.4, 0.5) is 5.82 Å². The van der Waals surface area contributed by atoms with E-state index in [2.05, 4.69) is 42.3 Å². The Hall–Kier alpha value is -1.86. The molecule has 2 aromatic heterocycles. The Bertz CT molecular complexity index is 764. The van der Waals surface area contributed by atoms with Crippen molar-refractivity contribution in [3.63, 3.8) is 0 Å². The summed E-state index contributed by atoms with van der Waals surface area (Å²) in [5, 5.41) is 10.4. The van der Waals surface area contributed by atoms with Gasteiger partial charge in [-0.1, -0.05) is 13.3 Å². The van der Waals surface area contributed by atoms with E-state index in [1.807, 2.05) is 6.07 Å². The topological polar surface area (TPSA) is 89.4 Å². The Morgan fingerprint density at radius 3 is 2.61 bits per heavy atom. The van der Waals surface area contributed by atoms with Gasteiger partial charge in [0.2, 0.25) is 5.88 Å². The zero-order valence-corrected chi connectivity index (χ0v) is 18.3. The molecular formula is C21H37N5O2. The highest BCUT2D eigenvalue weighted by molar-refractivity contribution is 5.86. The maximum atomic E-state index is 10.4. The molecule has 0 saturated carbocycles. The van der Waals surface area contributed by atoms with Gasteiger partial charge < -0.3 is 25.0 Å². The van der Waals surface area contributed by atoms with E-state index in [0.29, 0.717) is 36.4 Å². The fourth-order valence-electron chi connectivity index (χ4n) is 3.08. The van der Waals surface area contributed by atoms with Gasteiger partial charge in [-0.05, 0) is 47.6 Å². The first-order chi connectivity index (χ1) is 13.1. The molecule has 0 saturated heterocycles. The quantitative estimate of drug-likeness (QED) is 0.572. The number of hydrogen-bond donors (Lipinski definition) is 2. The third-order valence-electron chi connectivity index (χ3n) is 4.90. The first kappa shape index (κ1) is 22.4. The third-order valence-corrected chi connectivity index (χ3v) is 4.90. The van der Waals surface area contributed by atoms with Crippen molar-refractivity contribution in [3.05, 3.63) is 11.9 Å². The second kappa shape index (κ2) is 9.56. The lowest BCUT2D eigenvalue weighted by Crippen LogP contribution is -2.28. The van der Waals surface area contributed by atoms with Crippen molar-refractivity contribution in [2.45, 2.75) is 78.5 Å². The number of aryl methyl sites for hydroxylation is 1. The molecule has 0 fully saturated rings. The summed E-state index contributed by atoms with van der Waals surface area (Å²) in [7, 11) is 2.11. The van der Waals surface area contributed by atoms with Gasteiger partial charge in [0.05, 0.1) is 24.3 Å².